The number of fused-ring (bicyclic) bond motifs is 2. The molecule has 4 N–H and O–H groups in total. The Morgan fingerprint density at radius 1 is 1.22 bits per heavy atom. The monoisotopic (exact) mass is 345 g/mol. The molecule has 2 saturated heterocycles. The van der Waals surface area contributed by atoms with Gasteiger partial charge in [-0.3, -0.25) is 4.79 Å². The Balaban J connectivity index is 1.39. The van der Waals surface area contributed by atoms with Crippen LogP contribution in [0, 0.1) is 0 Å². The molecule has 1 aromatic carbocycles. The van der Waals surface area contributed by atoms with Gasteiger partial charge >= 0.3 is 0 Å². The summed E-state index contributed by atoms with van der Waals surface area (Å²) >= 11 is 3.20. The molecule has 2 fully saturated rings. The van der Waals surface area contributed by atoms with Crippen LogP contribution in [0.5, 0.6) is 0 Å². The summed E-state index contributed by atoms with van der Waals surface area (Å²) in [6.07, 6.45) is 3.49. The number of rotatable bonds is 4. The summed E-state index contributed by atoms with van der Waals surface area (Å²) in [4.78, 5) is 14.3. The van der Waals surface area contributed by atoms with Gasteiger partial charge < -0.3 is 16.4 Å². The van der Waals surface area contributed by atoms with Crippen molar-refractivity contribution in [1.82, 2.24) is 10.6 Å². The topological polar surface area (TPSA) is 67.2 Å². The van der Waals surface area contributed by atoms with Crippen molar-refractivity contribution in [2.75, 3.05) is 5.73 Å². The second-order valence-electron chi connectivity index (χ2n) is 6.15. The Morgan fingerprint density at radius 3 is 2.74 bits per heavy atom. The third-order valence-corrected chi connectivity index (χ3v) is 6.74. The molecule has 2 bridgehead atoms. The number of amides is 1. The number of nitrogen functional groups attached to an aromatic ring is 1. The summed E-state index contributed by atoms with van der Waals surface area (Å²) in [5.74, 6) is 0.0542. The lowest BCUT2D eigenvalue weighted by molar-refractivity contribution is 0.0935. The Kier molecular flexibility index (Phi) is 4.05. The van der Waals surface area contributed by atoms with Crippen molar-refractivity contribution in [2.45, 2.75) is 46.5 Å². The lowest BCUT2D eigenvalue weighted by atomic mass is 9.95. The molecule has 120 valence electrons. The van der Waals surface area contributed by atoms with E-state index >= 15 is 0 Å². The first-order chi connectivity index (χ1) is 11.2. The van der Waals surface area contributed by atoms with Crippen LogP contribution in [-0.4, -0.2) is 24.0 Å². The van der Waals surface area contributed by atoms with Crippen molar-refractivity contribution in [3.63, 3.8) is 0 Å². The standard InChI is InChI=1S/C17H19N3OS2/c18-10-1-4-12(5-2-10)22-16-8-7-15(23-16)17(21)20-14-9-11-3-6-13(14)19-11/h1-2,4-5,7-8,11,13-14,19H,3,6,9,18H2,(H,20,21). The molecule has 23 heavy (non-hydrogen) atoms. The van der Waals surface area contributed by atoms with Crippen molar-refractivity contribution in [2.24, 2.45) is 0 Å². The Hall–Kier alpha value is -1.50. The Morgan fingerprint density at radius 2 is 2.04 bits per heavy atom. The lowest BCUT2D eigenvalue weighted by Crippen LogP contribution is -2.42. The molecule has 2 aromatic rings. The molecular weight excluding hydrogens is 326 g/mol. The first-order valence-corrected chi connectivity index (χ1v) is 9.51. The summed E-state index contributed by atoms with van der Waals surface area (Å²) in [6.45, 7) is 0. The molecule has 0 saturated carbocycles. The van der Waals surface area contributed by atoms with Gasteiger partial charge in [-0.2, -0.15) is 0 Å². The number of carbonyl (C=O) groups is 1. The van der Waals surface area contributed by atoms with Crippen molar-refractivity contribution >= 4 is 34.7 Å². The van der Waals surface area contributed by atoms with Crippen LogP contribution in [0.3, 0.4) is 0 Å². The summed E-state index contributed by atoms with van der Waals surface area (Å²) in [5.41, 5.74) is 6.47. The van der Waals surface area contributed by atoms with Crippen LogP contribution in [0.1, 0.15) is 28.9 Å². The van der Waals surface area contributed by atoms with Gasteiger partial charge in [-0.05, 0) is 55.7 Å². The number of carbonyl (C=O) groups excluding carboxylic acids is 1. The van der Waals surface area contributed by atoms with E-state index in [1.54, 1.807) is 23.1 Å². The molecule has 1 aromatic heterocycles. The SMILES string of the molecule is Nc1ccc(Sc2ccc(C(=O)NC3CC4CCC3N4)s2)cc1. The van der Waals surface area contributed by atoms with Gasteiger partial charge in [0.2, 0.25) is 0 Å². The number of nitrogens with two attached hydrogens (primary N) is 1. The average molecular weight is 345 g/mol. The molecule has 2 aliphatic heterocycles. The van der Waals surface area contributed by atoms with E-state index in [1.807, 2.05) is 36.4 Å². The smallest absolute Gasteiger partial charge is 0.261 e. The number of benzene rings is 1. The van der Waals surface area contributed by atoms with Crippen LogP contribution in [0.2, 0.25) is 0 Å². The zero-order valence-corrected chi connectivity index (χ0v) is 14.3. The largest absolute Gasteiger partial charge is 0.399 e. The number of anilines is 1. The second-order valence-corrected chi connectivity index (χ2v) is 8.61. The highest BCUT2D eigenvalue weighted by Gasteiger charge is 2.39. The molecule has 4 rings (SSSR count). The number of hydrogen-bond acceptors (Lipinski definition) is 5. The fourth-order valence-corrected chi connectivity index (χ4v) is 5.38. The quantitative estimate of drug-likeness (QED) is 0.745. The van der Waals surface area contributed by atoms with Gasteiger partial charge in [-0.1, -0.05) is 11.8 Å². The van der Waals surface area contributed by atoms with Gasteiger partial charge in [-0.15, -0.1) is 11.3 Å². The molecule has 0 radical (unpaired) electrons. The highest BCUT2D eigenvalue weighted by molar-refractivity contribution is 8.01. The van der Waals surface area contributed by atoms with E-state index in [0.717, 1.165) is 26.1 Å². The van der Waals surface area contributed by atoms with Gasteiger partial charge in [0.05, 0.1) is 9.09 Å². The van der Waals surface area contributed by atoms with Crippen molar-refractivity contribution in [1.29, 1.82) is 0 Å². The molecule has 6 heteroatoms. The second kappa shape index (κ2) is 6.19. The third-order valence-electron chi connectivity index (χ3n) is 4.52. The lowest BCUT2D eigenvalue weighted by Gasteiger charge is -2.20. The van der Waals surface area contributed by atoms with Crippen LogP contribution in [-0.2, 0) is 0 Å². The minimum Gasteiger partial charge on any atom is -0.399 e. The third kappa shape index (κ3) is 3.24. The maximum atomic E-state index is 12.4. The Labute approximate surface area is 143 Å². The summed E-state index contributed by atoms with van der Waals surface area (Å²) in [7, 11) is 0. The molecule has 0 spiro atoms. The predicted octanol–water partition coefficient (Wildman–Crippen LogP) is 3.10. The minimum absolute atomic E-state index is 0.0542. The van der Waals surface area contributed by atoms with Gasteiger partial charge in [0, 0.05) is 28.7 Å². The molecule has 0 aliphatic carbocycles. The van der Waals surface area contributed by atoms with Crippen molar-refractivity contribution in [3.05, 3.63) is 41.3 Å². The van der Waals surface area contributed by atoms with Crippen LogP contribution in [0.15, 0.2) is 45.5 Å². The zero-order valence-electron chi connectivity index (χ0n) is 12.6. The van der Waals surface area contributed by atoms with E-state index in [4.69, 9.17) is 5.73 Å². The molecule has 2 aliphatic rings. The van der Waals surface area contributed by atoms with Gasteiger partial charge in [0.25, 0.3) is 5.91 Å². The van der Waals surface area contributed by atoms with E-state index in [1.165, 1.54) is 12.8 Å². The predicted molar refractivity (Wildman–Crippen MR) is 95.1 cm³/mol. The number of nitrogens with one attached hydrogen (secondary N) is 2. The van der Waals surface area contributed by atoms with E-state index in [-0.39, 0.29) is 11.9 Å². The summed E-state index contributed by atoms with van der Waals surface area (Å²) in [5, 5.41) is 6.75. The van der Waals surface area contributed by atoms with Crippen molar-refractivity contribution < 1.29 is 4.79 Å². The van der Waals surface area contributed by atoms with Crippen LogP contribution >= 0.6 is 23.1 Å². The molecule has 4 nitrogen and oxygen atoms in total. The van der Waals surface area contributed by atoms with E-state index in [2.05, 4.69) is 10.6 Å². The molecule has 3 unspecified atom stereocenters. The fraction of sp³-hybridized carbons (Fsp3) is 0.353. The molecular formula is C17H19N3OS2. The minimum atomic E-state index is 0.0542. The summed E-state index contributed by atoms with van der Waals surface area (Å²) < 4.78 is 1.12. The van der Waals surface area contributed by atoms with Gasteiger partial charge in [-0.25, -0.2) is 0 Å². The van der Waals surface area contributed by atoms with Crippen molar-refractivity contribution in [3.8, 4) is 0 Å². The highest BCUT2D eigenvalue weighted by atomic mass is 32.2. The van der Waals surface area contributed by atoms with E-state index in [0.29, 0.717) is 12.1 Å². The van der Waals surface area contributed by atoms with Crippen LogP contribution < -0.4 is 16.4 Å². The van der Waals surface area contributed by atoms with E-state index in [9.17, 15) is 4.79 Å². The normalized spacial score (nSPS) is 25.7. The van der Waals surface area contributed by atoms with E-state index < -0.39 is 0 Å². The maximum absolute atomic E-state index is 12.4. The fourth-order valence-electron chi connectivity index (χ4n) is 3.37. The average Bonchev–Trinajstić information content (AvgIpc) is 3.26. The summed E-state index contributed by atoms with van der Waals surface area (Å²) in [6, 6.07) is 13.1. The zero-order chi connectivity index (χ0) is 15.8. The Bertz CT molecular complexity index is 713. The number of thiophene rings is 1. The first-order valence-electron chi connectivity index (χ1n) is 7.87. The molecule has 3 heterocycles. The molecule has 1 amide bonds. The van der Waals surface area contributed by atoms with Crippen LogP contribution in [0.25, 0.3) is 0 Å². The number of hydrogen-bond donors (Lipinski definition) is 3. The maximum Gasteiger partial charge on any atom is 0.261 e. The van der Waals surface area contributed by atoms with Crippen LogP contribution in [0.4, 0.5) is 5.69 Å². The molecule has 3 atom stereocenters. The highest BCUT2D eigenvalue weighted by Crippen LogP contribution is 2.34. The van der Waals surface area contributed by atoms with Gasteiger partial charge in [0.1, 0.15) is 0 Å². The van der Waals surface area contributed by atoms with Gasteiger partial charge in [0.15, 0.2) is 0 Å². The first kappa shape index (κ1) is 15.1.